The number of carbonyl (C=O) groups excluding carboxylic acids is 1. The molecule has 150 valence electrons. The van der Waals surface area contributed by atoms with Crippen LogP contribution in [0.2, 0.25) is 0 Å². The number of hydrogen-bond donors (Lipinski definition) is 0. The summed E-state index contributed by atoms with van der Waals surface area (Å²) in [6.45, 7) is 0.519. The summed E-state index contributed by atoms with van der Waals surface area (Å²) in [7, 11) is 5.81. The Labute approximate surface area is 170 Å². The second-order valence-corrected chi connectivity index (χ2v) is 7.74. The first-order valence-electron chi connectivity index (χ1n) is 9.82. The summed E-state index contributed by atoms with van der Waals surface area (Å²) in [6, 6.07) is 14.4. The molecule has 3 aromatic rings. The van der Waals surface area contributed by atoms with E-state index in [0.29, 0.717) is 12.2 Å². The monoisotopic (exact) mass is 392 g/mol. The number of fused-ring (bicyclic) bond motifs is 1. The topological polar surface area (TPSA) is 41.4 Å². The Kier molecular flexibility index (Phi) is 5.09. The lowest BCUT2D eigenvalue weighted by Gasteiger charge is -2.18. The molecule has 1 heterocycles. The average molecular weight is 392 g/mol. The summed E-state index contributed by atoms with van der Waals surface area (Å²) in [5.74, 6) is -0.366. The molecule has 4 rings (SSSR count). The third-order valence-corrected chi connectivity index (χ3v) is 5.42. The Morgan fingerprint density at radius 1 is 1.03 bits per heavy atom. The summed E-state index contributed by atoms with van der Waals surface area (Å²) in [6.07, 6.45) is 2.73. The van der Waals surface area contributed by atoms with Crippen molar-refractivity contribution in [3.63, 3.8) is 0 Å². The van der Waals surface area contributed by atoms with E-state index in [1.54, 1.807) is 28.8 Å². The molecule has 1 aliphatic carbocycles. The molecule has 5 nitrogen and oxygen atoms in total. The van der Waals surface area contributed by atoms with E-state index >= 15 is 0 Å². The van der Waals surface area contributed by atoms with Gasteiger partial charge in [0.15, 0.2) is 5.69 Å². The second-order valence-electron chi connectivity index (χ2n) is 7.74. The normalized spacial score (nSPS) is 12.7. The fourth-order valence-corrected chi connectivity index (χ4v) is 3.83. The molecule has 0 saturated carbocycles. The number of benzene rings is 2. The highest BCUT2D eigenvalue weighted by Gasteiger charge is 2.28. The van der Waals surface area contributed by atoms with Crippen molar-refractivity contribution in [2.75, 3.05) is 26.0 Å². The smallest absolute Gasteiger partial charge is 0.274 e. The molecule has 29 heavy (non-hydrogen) atoms. The highest BCUT2D eigenvalue weighted by molar-refractivity contribution is 5.94. The van der Waals surface area contributed by atoms with Gasteiger partial charge in [0.2, 0.25) is 0 Å². The van der Waals surface area contributed by atoms with Crippen molar-refractivity contribution in [3.8, 4) is 5.69 Å². The second kappa shape index (κ2) is 7.70. The summed E-state index contributed by atoms with van der Waals surface area (Å²) < 4.78 is 15.1. The fraction of sp³-hybridized carbons (Fsp3) is 0.304. The maximum absolute atomic E-state index is 13.3. The lowest BCUT2D eigenvalue weighted by molar-refractivity contribution is 0.0777. The van der Waals surface area contributed by atoms with Crippen LogP contribution in [-0.4, -0.2) is 41.7 Å². The van der Waals surface area contributed by atoms with Gasteiger partial charge in [-0.2, -0.15) is 5.10 Å². The summed E-state index contributed by atoms with van der Waals surface area (Å²) >= 11 is 0. The molecular weight excluding hydrogens is 367 g/mol. The molecular formula is C23H25FN4O. The fourth-order valence-electron chi connectivity index (χ4n) is 3.83. The van der Waals surface area contributed by atoms with E-state index in [2.05, 4.69) is 17.2 Å². The van der Waals surface area contributed by atoms with Gasteiger partial charge in [0.1, 0.15) is 5.82 Å². The maximum Gasteiger partial charge on any atom is 0.274 e. The Balaban J connectivity index is 1.58. The third-order valence-electron chi connectivity index (χ3n) is 5.42. The minimum atomic E-state index is -0.283. The molecule has 0 saturated heterocycles. The minimum absolute atomic E-state index is 0.0827. The van der Waals surface area contributed by atoms with Gasteiger partial charge >= 0.3 is 0 Å². The van der Waals surface area contributed by atoms with Gasteiger partial charge in [-0.15, -0.1) is 0 Å². The number of carbonyl (C=O) groups is 1. The van der Waals surface area contributed by atoms with E-state index < -0.39 is 0 Å². The van der Waals surface area contributed by atoms with Crippen LogP contribution in [0.3, 0.4) is 0 Å². The number of nitrogens with zero attached hydrogens (tertiary/aromatic N) is 4. The predicted octanol–water partition coefficient (Wildman–Crippen LogP) is 3.84. The number of amides is 1. The summed E-state index contributed by atoms with van der Waals surface area (Å²) in [4.78, 5) is 16.9. The van der Waals surface area contributed by atoms with E-state index in [1.165, 1.54) is 12.1 Å². The Bertz CT molecular complexity index is 1020. The first-order chi connectivity index (χ1) is 13.9. The minimum Gasteiger partial charge on any atom is -0.378 e. The quantitative estimate of drug-likeness (QED) is 0.663. The van der Waals surface area contributed by atoms with Gasteiger partial charge < -0.3 is 9.80 Å². The van der Waals surface area contributed by atoms with Crippen LogP contribution in [0.5, 0.6) is 0 Å². The van der Waals surface area contributed by atoms with Crippen LogP contribution in [0.4, 0.5) is 10.1 Å². The number of halogens is 1. The van der Waals surface area contributed by atoms with E-state index in [1.807, 2.05) is 31.1 Å². The van der Waals surface area contributed by atoms with E-state index in [4.69, 9.17) is 0 Å². The van der Waals surface area contributed by atoms with Crippen LogP contribution in [0.1, 0.15) is 33.7 Å². The van der Waals surface area contributed by atoms with Gasteiger partial charge in [0.05, 0.1) is 5.69 Å². The highest BCUT2D eigenvalue weighted by atomic mass is 19.1. The molecule has 1 amide bonds. The Morgan fingerprint density at radius 3 is 2.38 bits per heavy atom. The zero-order chi connectivity index (χ0) is 20.5. The van der Waals surface area contributed by atoms with Crippen LogP contribution in [0.15, 0.2) is 48.5 Å². The number of aromatic nitrogens is 2. The van der Waals surface area contributed by atoms with Crippen molar-refractivity contribution in [2.45, 2.75) is 25.8 Å². The molecule has 0 aliphatic heterocycles. The van der Waals surface area contributed by atoms with Crippen molar-refractivity contribution in [1.29, 1.82) is 0 Å². The van der Waals surface area contributed by atoms with Gasteiger partial charge in [-0.25, -0.2) is 9.07 Å². The lowest BCUT2D eigenvalue weighted by Crippen LogP contribution is -2.27. The molecule has 0 spiro atoms. The number of anilines is 1. The molecule has 0 N–H and O–H groups in total. The molecule has 2 aromatic carbocycles. The summed E-state index contributed by atoms with van der Waals surface area (Å²) in [5, 5.41) is 4.63. The highest BCUT2D eigenvalue weighted by Crippen LogP contribution is 2.29. The van der Waals surface area contributed by atoms with Crippen LogP contribution in [0, 0.1) is 5.82 Å². The van der Waals surface area contributed by atoms with Crippen molar-refractivity contribution >= 4 is 11.6 Å². The average Bonchev–Trinajstić information content (AvgIpc) is 3.31. The molecule has 0 atom stereocenters. The van der Waals surface area contributed by atoms with Crippen LogP contribution in [-0.2, 0) is 19.4 Å². The van der Waals surface area contributed by atoms with Gasteiger partial charge in [-0.1, -0.05) is 12.1 Å². The van der Waals surface area contributed by atoms with E-state index in [-0.39, 0.29) is 11.7 Å². The zero-order valence-corrected chi connectivity index (χ0v) is 17.0. The predicted molar refractivity (Wildman–Crippen MR) is 112 cm³/mol. The molecule has 0 radical (unpaired) electrons. The van der Waals surface area contributed by atoms with Crippen LogP contribution < -0.4 is 4.90 Å². The molecule has 1 aliphatic rings. The first kappa shape index (κ1) is 19.2. The SMILES string of the molecule is CN(Cc1ccc(N(C)C)cc1)C(=O)c1nn(-c2ccc(F)cc2)c2c1CCC2. The van der Waals surface area contributed by atoms with Crippen LogP contribution in [0.25, 0.3) is 5.69 Å². The Hall–Kier alpha value is -3.15. The molecule has 0 bridgehead atoms. The summed E-state index contributed by atoms with van der Waals surface area (Å²) in [5.41, 5.74) is 5.57. The zero-order valence-electron chi connectivity index (χ0n) is 17.0. The van der Waals surface area contributed by atoms with Crippen LogP contribution >= 0.6 is 0 Å². The van der Waals surface area contributed by atoms with Gasteiger partial charge in [0, 0.05) is 44.6 Å². The molecule has 6 heteroatoms. The third kappa shape index (κ3) is 3.75. The van der Waals surface area contributed by atoms with Crippen molar-refractivity contribution in [3.05, 3.63) is 76.9 Å². The first-order valence-corrected chi connectivity index (χ1v) is 9.82. The molecule has 1 aromatic heterocycles. The van der Waals surface area contributed by atoms with Gasteiger partial charge in [-0.05, 0) is 61.2 Å². The largest absolute Gasteiger partial charge is 0.378 e. The molecule has 0 unspecified atom stereocenters. The standard InChI is InChI=1S/C23H25FN4O/c1-26(2)18-11-7-16(8-12-18)15-27(3)23(29)22-20-5-4-6-21(20)28(25-22)19-13-9-17(24)10-14-19/h7-14H,4-6,15H2,1-3H3. The van der Waals surface area contributed by atoms with Crippen molar-refractivity contribution in [2.24, 2.45) is 0 Å². The van der Waals surface area contributed by atoms with Gasteiger partial charge in [-0.3, -0.25) is 4.79 Å². The van der Waals surface area contributed by atoms with Crippen molar-refractivity contribution < 1.29 is 9.18 Å². The van der Waals surface area contributed by atoms with Gasteiger partial charge in [0.25, 0.3) is 5.91 Å². The Morgan fingerprint density at radius 2 is 1.72 bits per heavy atom. The number of rotatable bonds is 5. The lowest BCUT2D eigenvalue weighted by atomic mass is 10.1. The number of hydrogen-bond acceptors (Lipinski definition) is 3. The molecule has 0 fully saturated rings. The van der Waals surface area contributed by atoms with E-state index in [9.17, 15) is 9.18 Å². The van der Waals surface area contributed by atoms with Crippen molar-refractivity contribution in [1.82, 2.24) is 14.7 Å². The maximum atomic E-state index is 13.3. The van der Waals surface area contributed by atoms with E-state index in [0.717, 1.165) is 47.5 Å².